The molecule has 0 heterocycles. The summed E-state index contributed by atoms with van der Waals surface area (Å²) in [4.78, 5) is 11.0. The number of halogens is 5. The number of thioether (sulfide) groups is 1. The van der Waals surface area contributed by atoms with Crippen LogP contribution >= 0.6 is 23.5 Å². The minimum absolute atomic E-state index is 0.0251. The van der Waals surface area contributed by atoms with Crippen molar-refractivity contribution < 1.29 is 26.7 Å². The van der Waals surface area contributed by atoms with Gasteiger partial charge < -0.3 is 0 Å². The summed E-state index contributed by atoms with van der Waals surface area (Å²) in [6, 6.07) is 6.34. The monoisotopic (exact) mass is 350 g/mol. The van der Waals surface area contributed by atoms with Crippen LogP contribution in [0.3, 0.4) is 0 Å². The zero-order valence-corrected chi connectivity index (χ0v) is 12.3. The third kappa shape index (κ3) is 4.48. The molecule has 0 aliphatic heterocycles. The van der Waals surface area contributed by atoms with E-state index in [1.165, 1.54) is 12.1 Å². The Morgan fingerprint density at radius 1 is 0.955 bits per heavy atom. The van der Waals surface area contributed by atoms with Crippen LogP contribution in [0.2, 0.25) is 0 Å². The van der Waals surface area contributed by atoms with Gasteiger partial charge in [-0.05, 0) is 48.2 Å². The molecule has 0 aromatic heterocycles. The van der Waals surface area contributed by atoms with Crippen LogP contribution in [0.25, 0.3) is 0 Å². The molecule has 0 unspecified atom stereocenters. The first-order valence-corrected chi connectivity index (χ1v) is 7.39. The number of carbonyl (C=O) groups excluding carboxylic acids is 1. The van der Waals surface area contributed by atoms with Gasteiger partial charge in [0, 0.05) is 15.4 Å². The van der Waals surface area contributed by atoms with Gasteiger partial charge in [0.25, 0.3) is 0 Å². The fourth-order valence-electron chi connectivity index (χ4n) is 1.58. The van der Waals surface area contributed by atoms with Gasteiger partial charge in [-0.15, -0.1) is 0 Å². The Bertz CT molecular complexity index is 700. The number of carbonyl (C=O) groups is 1. The Balaban J connectivity index is 2.31. The number of benzene rings is 2. The molecule has 8 heteroatoms. The van der Waals surface area contributed by atoms with E-state index in [-0.39, 0.29) is 32.0 Å². The fourth-order valence-corrected chi connectivity index (χ4v) is 3.11. The van der Waals surface area contributed by atoms with Crippen molar-refractivity contribution in [1.29, 1.82) is 0 Å². The van der Waals surface area contributed by atoms with Crippen LogP contribution < -0.4 is 0 Å². The summed E-state index contributed by atoms with van der Waals surface area (Å²) in [6.45, 7) is 0. The van der Waals surface area contributed by atoms with Crippen molar-refractivity contribution in [2.45, 2.75) is 20.2 Å². The zero-order chi connectivity index (χ0) is 16.3. The number of hydrogen-bond acceptors (Lipinski definition) is 3. The number of rotatable bonds is 4. The first-order valence-electron chi connectivity index (χ1n) is 5.76. The van der Waals surface area contributed by atoms with Gasteiger partial charge in [-0.2, -0.15) is 13.2 Å². The van der Waals surface area contributed by atoms with Crippen LogP contribution in [-0.2, 0) is 0 Å². The molecule has 0 aliphatic rings. The second-order valence-corrected chi connectivity index (χ2v) is 6.26. The van der Waals surface area contributed by atoms with E-state index in [2.05, 4.69) is 0 Å². The first-order chi connectivity index (χ1) is 10.3. The molecule has 0 bridgehead atoms. The van der Waals surface area contributed by atoms with E-state index in [1.54, 1.807) is 0 Å². The van der Waals surface area contributed by atoms with Crippen molar-refractivity contribution >= 4 is 29.8 Å². The quantitative estimate of drug-likeness (QED) is 0.409. The molecule has 0 amide bonds. The van der Waals surface area contributed by atoms with Crippen molar-refractivity contribution in [3.8, 4) is 0 Å². The van der Waals surface area contributed by atoms with E-state index < -0.39 is 17.1 Å². The molecule has 0 N–H and O–H groups in total. The highest BCUT2D eigenvalue weighted by Crippen LogP contribution is 2.39. The lowest BCUT2D eigenvalue weighted by atomic mass is 10.2. The lowest BCUT2D eigenvalue weighted by Gasteiger charge is -2.09. The molecule has 22 heavy (non-hydrogen) atoms. The summed E-state index contributed by atoms with van der Waals surface area (Å²) in [6.07, 6.45) is 0.375. The Morgan fingerprint density at radius 3 is 2.32 bits per heavy atom. The lowest BCUT2D eigenvalue weighted by Crippen LogP contribution is -1.99. The SMILES string of the molecule is O=Cc1cc(SC(F)(F)F)ccc1Sc1cc(F)ccc1F. The van der Waals surface area contributed by atoms with Crippen LogP contribution in [0.1, 0.15) is 10.4 Å². The molecule has 0 saturated heterocycles. The fraction of sp³-hybridized carbons (Fsp3) is 0.0714. The molecule has 116 valence electrons. The number of aldehydes is 1. The smallest absolute Gasteiger partial charge is 0.298 e. The van der Waals surface area contributed by atoms with Crippen LogP contribution in [0, 0.1) is 11.6 Å². The molecule has 1 nitrogen and oxygen atoms in total. The third-order valence-corrected chi connectivity index (χ3v) is 4.30. The van der Waals surface area contributed by atoms with Crippen molar-refractivity contribution in [1.82, 2.24) is 0 Å². The summed E-state index contributed by atoms with van der Waals surface area (Å²) in [7, 11) is 0. The van der Waals surface area contributed by atoms with Gasteiger partial charge in [0.05, 0.1) is 4.90 Å². The topological polar surface area (TPSA) is 17.1 Å². The molecule has 0 fully saturated rings. The summed E-state index contributed by atoms with van der Waals surface area (Å²) in [5.74, 6) is -1.34. The van der Waals surface area contributed by atoms with Crippen LogP contribution in [0.5, 0.6) is 0 Å². The predicted octanol–water partition coefficient (Wildman–Crippen LogP) is 5.54. The largest absolute Gasteiger partial charge is 0.446 e. The summed E-state index contributed by atoms with van der Waals surface area (Å²) >= 11 is 0.418. The highest BCUT2D eigenvalue weighted by atomic mass is 32.2. The van der Waals surface area contributed by atoms with Gasteiger partial charge in [0.15, 0.2) is 6.29 Å². The van der Waals surface area contributed by atoms with Crippen molar-refractivity contribution in [2.24, 2.45) is 0 Å². The average Bonchev–Trinajstić information content (AvgIpc) is 2.42. The zero-order valence-electron chi connectivity index (χ0n) is 10.7. The molecule has 0 spiro atoms. The van der Waals surface area contributed by atoms with Crippen LogP contribution in [0.4, 0.5) is 22.0 Å². The standard InChI is InChI=1S/C14H7F5OS2/c15-9-1-3-11(16)13(6-9)21-12-4-2-10(5-8(12)7-20)22-14(17,18)19/h1-7H. The number of hydrogen-bond donors (Lipinski definition) is 0. The molecular formula is C14H7F5OS2. The first kappa shape index (κ1) is 16.8. The van der Waals surface area contributed by atoms with Gasteiger partial charge in [-0.3, -0.25) is 4.79 Å². The highest BCUT2D eigenvalue weighted by molar-refractivity contribution is 8.00. The van der Waals surface area contributed by atoms with Gasteiger partial charge >= 0.3 is 5.51 Å². The van der Waals surface area contributed by atoms with Gasteiger partial charge in [-0.25, -0.2) is 8.78 Å². The van der Waals surface area contributed by atoms with Gasteiger partial charge in [0.1, 0.15) is 11.6 Å². The maximum atomic E-state index is 13.6. The maximum absolute atomic E-state index is 13.6. The molecule has 2 aromatic carbocycles. The second kappa shape index (κ2) is 6.70. The number of alkyl halides is 3. The van der Waals surface area contributed by atoms with Crippen molar-refractivity contribution in [2.75, 3.05) is 0 Å². The third-order valence-electron chi connectivity index (χ3n) is 2.45. The second-order valence-electron chi connectivity index (χ2n) is 4.04. The molecule has 2 aromatic rings. The van der Waals surface area contributed by atoms with E-state index in [9.17, 15) is 26.7 Å². The minimum atomic E-state index is -4.47. The highest BCUT2D eigenvalue weighted by Gasteiger charge is 2.29. The Kier molecular flexibility index (Phi) is 5.12. The van der Waals surface area contributed by atoms with Gasteiger partial charge in [-0.1, -0.05) is 11.8 Å². The summed E-state index contributed by atoms with van der Waals surface area (Å²) in [5.41, 5.74) is -4.49. The molecule has 0 atom stereocenters. The van der Waals surface area contributed by atoms with E-state index in [1.807, 2.05) is 0 Å². The maximum Gasteiger partial charge on any atom is 0.446 e. The molecule has 0 saturated carbocycles. The Morgan fingerprint density at radius 2 is 1.68 bits per heavy atom. The molecule has 0 radical (unpaired) electrons. The van der Waals surface area contributed by atoms with Crippen molar-refractivity contribution in [3.63, 3.8) is 0 Å². The van der Waals surface area contributed by atoms with E-state index in [0.29, 0.717) is 6.29 Å². The molecule has 0 aliphatic carbocycles. The lowest BCUT2D eigenvalue weighted by molar-refractivity contribution is -0.0328. The van der Waals surface area contributed by atoms with Crippen LogP contribution in [-0.4, -0.2) is 11.8 Å². The van der Waals surface area contributed by atoms with Crippen LogP contribution in [0.15, 0.2) is 51.1 Å². The molecule has 2 rings (SSSR count). The average molecular weight is 350 g/mol. The van der Waals surface area contributed by atoms with Crippen molar-refractivity contribution in [3.05, 3.63) is 53.6 Å². The summed E-state index contributed by atoms with van der Waals surface area (Å²) < 4.78 is 63.6. The summed E-state index contributed by atoms with van der Waals surface area (Å²) in [5, 5.41) is 0. The normalized spacial score (nSPS) is 11.5. The Labute approximate surface area is 130 Å². The van der Waals surface area contributed by atoms with E-state index in [4.69, 9.17) is 0 Å². The Hall–Kier alpha value is -1.54. The molecular weight excluding hydrogens is 343 g/mol. The minimum Gasteiger partial charge on any atom is -0.298 e. The van der Waals surface area contributed by atoms with E-state index >= 15 is 0 Å². The van der Waals surface area contributed by atoms with E-state index in [0.717, 1.165) is 36.0 Å². The van der Waals surface area contributed by atoms with Gasteiger partial charge in [0.2, 0.25) is 0 Å². The predicted molar refractivity (Wildman–Crippen MR) is 74.2 cm³/mol.